The van der Waals surface area contributed by atoms with Gasteiger partial charge in [0, 0.05) is 18.0 Å². The van der Waals surface area contributed by atoms with Crippen LogP contribution in [-0.4, -0.2) is 18.0 Å². The number of rotatable bonds is 4. The van der Waals surface area contributed by atoms with E-state index >= 15 is 0 Å². The lowest BCUT2D eigenvalue weighted by Crippen LogP contribution is -2.51. The van der Waals surface area contributed by atoms with Crippen molar-refractivity contribution in [3.8, 4) is 0 Å². The number of carbonyl (C=O) groups is 1. The Morgan fingerprint density at radius 2 is 1.86 bits per heavy atom. The minimum atomic E-state index is -0.162. The molecule has 2 aliphatic carbocycles. The summed E-state index contributed by atoms with van der Waals surface area (Å²) in [5, 5.41) is 3.09. The van der Waals surface area contributed by atoms with Gasteiger partial charge in [0.25, 0.3) is 0 Å². The maximum atomic E-state index is 12.2. The molecule has 0 bridgehead atoms. The molecule has 0 heterocycles. The first kappa shape index (κ1) is 16.3. The third kappa shape index (κ3) is 3.98. The zero-order valence-electron chi connectivity index (χ0n) is 12.4. The van der Waals surface area contributed by atoms with Crippen molar-refractivity contribution in [2.45, 2.75) is 50.0 Å². The molecule has 3 nitrogen and oxygen atoms in total. The Balaban J connectivity index is 0.00000161. The molecule has 1 aromatic rings. The molecule has 2 atom stereocenters. The zero-order chi connectivity index (χ0) is 14.0. The van der Waals surface area contributed by atoms with Crippen LogP contribution in [0.25, 0.3) is 0 Å². The number of halogens is 1. The second kappa shape index (κ2) is 6.80. The van der Waals surface area contributed by atoms with E-state index in [4.69, 9.17) is 5.73 Å². The first-order valence-corrected chi connectivity index (χ1v) is 7.79. The van der Waals surface area contributed by atoms with Crippen molar-refractivity contribution in [3.63, 3.8) is 0 Å². The van der Waals surface area contributed by atoms with Crippen LogP contribution in [0.4, 0.5) is 0 Å². The molecular weight excluding hydrogens is 284 g/mol. The topological polar surface area (TPSA) is 55.1 Å². The van der Waals surface area contributed by atoms with Gasteiger partial charge in [0.2, 0.25) is 5.91 Å². The van der Waals surface area contributed by atoms with E-state index in [0.29, 0.717) is 12.5 Å². The SMILES string of the molecule is Cl.NC1(CNC(=O)C2CC2c2ccccc2)CCCCC1. The maximum absolute atomic E-state index is 12.2. The molecule has 116 valence electrons. The van der Waals surface area contributed by atoms with E-state index in [1.165, 1.54) is 24.8 Å². The van der Waals surface area contributed by atoms with Crippen LogP contribution >= 0.6 is 12.4 Å². The molecule has 0 spiro atoms. The van der Waals surface area contributed by atoms with Crippen molar-refractivity contribution in [2.75, 3.05) is 6.54 Å². The van der Waals surface area contributed by atoms with Gasteiger partial charge in [0.1, 0.15) is 0 Å². The van der Waals surface area contributed by atoms with Crippen molar-refractivity contribution in [3.05, 3.63) is 35.9 Å². The second-order valence-corrected chi connectivity index (χ2v) is 6.50. The van der Waals surface area contributed by atoms with Crippen LogP contribution in [0.15, 0.2) is 30.3 Å². The van der Waals surface area contributed by atoms with E-state index in [1.807, 2.05) is 18.2 Å². The summed E-state index contributed by atoms with van der Waals surface area (Å²) in [4.78, 5) is 12.2. The summed E-state index contributed by atoms with van der Waals surface area (Å²) in [6.07, 6.45) is 6.74. The van der Waals surface area contributed by atoms with E-state index in [9.17, 15) is 4.79 Å². The summed E-state index contributed by atoms with van der Waals surface area (Å²) in [7, 11) is 0. The standard InChI is InChI=1S/C17H24N2O.ClH/c18-17(9-5-2-6-10-17)12-19-16(20)15-11-14(15)13-7-3-1-4-8-13;/h1,3-4,7-8,14-15H,2,5-6,9-12,18H2,(H,19,20);1H. The Morgan fingerprint density at radius 3 is 2.52 bits per heavy atom. The number of nitrogens with one attached hydrogen (secondary N) is 1. The third-order valence-electron chi connectivity index (χ3n) is 4.82. The lowest BCUT2D eigenvalue weighted by Gasteiger charge is -2.33. The molecule has 21 heavy (non-hydrogen) atoms. The molecule has 1 amide bonds. The van der Waals surface area contributed by atoms with Gasteiger partial charge in [-0.15, -0.1) is 12.4 Å². The Kier molecular flexibility index (Phi) is 5.28. The van der Waals surface area contributed by atoms with Gasteiger partial charge in [0.05, 0.1) is 0 Å². The van der Waals surface area contributed by atoms with Gasteiger partial charge in [-0.05, 0) is 30.7 Å². The minimum Gasteiger partial charge on any atom is -0.354 e. The lowest BCUT2D eigenvalue weighted by molar-refractivity contribution is -0.122. The molecule has 0 saturated heterocycles. The molecule has 2 unspecified atom stereocenters. The van der Waals surface area contributed by atoms with Crippen LogP contribution < -0.4 is 11.1 Å². The maximum Gasteiger partial charge on any atom is 0.223 e. The highest BCUT2D eigenvalue weighted by molar-refractivity contribution is 5.85. The highest BCUT2D eigenvalue weighted by Gasteiger charge is 2.44. The van der Waals surface area contributed by atoms with Crippen LogP contribution in [0.3, 0.4) is 0 Å². The van der Waals surface area contributed by atoms with Crippen LogP contribution in [0.1, 0.15) is 50.0 Å². The third-order valence-corrected chi connectivity index (χ3v) is 4.82. The molecule has 4 heteroatoms. The summed E-state index contributed by atoms with van der Waals surface area (Å²) in [5.74, 6) is 0.759. The van der Waals surface area contributed by atoms with E-state index < -0.39 is 0 Å². The molecule has 3 N–H and O–H groups in total. The molecule has 1 aromatic carbocycles. The Labute approximate surface area is 133 Å². The lowest BCUT2D eigenvalue weighted by atomic mass is 9.82. The summed E-state index contributed by atoms with van der Waals surface area (Å²) in [6, 6.07) is 10.3. The van der Waals surface area contributed by atoms with Crippen LogP contribution in [0, 0.1) is 5.92 Å². The van der Waals surface area contributed by atoms with Gasteiger partial charge in [-0.1, -0.05) is 49.6 Å². The predicted molar refractivity (Wildman–Crippen MR) is 87.6 cm³/mol. The molecule has 2 aliphatic rings. The average Bonchev–Trinajstić information content (AvgIpc) is 3.27. The van der Waals surface area contributed by atoms with Crippen molar-refractivity contribution >= 4 is 18.3 Å². The molecule has 2 fully saturated rings. The molecule has 0 aromatic heterocycles. The molecular formula is C17H25ClN2O. The number of benzene rings is 1. The Hall–Kier alpha value is -1.06. The fourth-order valence-corrected chi connectivity index (χ4v) is 3.38. The van der Waals surface area contributed by atoms with Crippen molar-refractivity contribution < 1.29 is 4.79 Å². The first-order valence-electron chi connectivity index (χ1n) is 7.79. The molecule has 0 aliphatic heterocycles. The quantitative estimate of drug-likeness (QED) is 0.898. The highest BCUT2D eigenvalue weighted by atomic mass is 35.5. The fraction of sp³-hybridized carbons (Fsp3) is 0.588. The van der Waals surface area contributed by atoms with Crippen molar-refractivity contribution in [1.82, 2.24) is 5.32 Å². The van der Waals surface area contributed by atoms with Crippen LogP contribution in [0.2, 0.25) is 0 Å². The Bertz CT molecular complexity index is 471. The number of hydrogen-bond acceptors (Lipinski definition) is 2. The monoisotopic (exact) mass is 308 g/mol. The summed E-state index contributed by atoms with van der Waals surface area (Å²) < 4.78 is 0. The number of nitrogens with two attached hydrogens (primary N) is 1. The number of amides is 1. The molecule has 3 rings (SSSR count). The van der Waals surface area contributed by atoms with E-state index in [-0.39, 0.29) is 29.8 Å². The summed E-state index contributed by atoms with van der Waals surface area (Å²) in [5.41, 5.74) is 7.48. The zero-order valence-corrected chi connectivity index (χ0v) is 13.2. The van der Waals surface area contributed by atoms with Gasteiger partial charge in [0.15, 0.2) is 0 Å². The second-order valence-electron chi connectivity index (χ2n) is 6.50. The smallest absolute Gasteiger partial charge is 0.223 e. The predicted octanol–water partition coefficient (Wildman–Crippen LogP) is 2.99. The van der Waals surface area contributed by atoms with Gasteiger partial charge >= 0.3 is 0 Å². The van der Waals surface area contributed by atoms with Crippen LogP contribution in [0.5, 0.6) is 0 Å². The van der Waals surface area contributed by atoms with E-state index in [2.05, 4.69) is 17.4 Å². The summed E-state index contributed by atoms with van der Waals surface area (Å²) >= 11 is 0. The molecule has 2 saturated carbocycles. The normalized spacial score (nSPS) is 26.5. The number of hydrogen-bond donors (Lipinski definition) is 2. The van der Waals surface area contributed by atoms with Crippen molar-refractivity contribution in [1.29, 1.82) is 0 Å². The Morgan fingerprint density at radius 1 is 1.19 bits per heavy atom. The van der Waals surface area contributed by atoms with Gasteiger partial charge in [-0.2, -0.15) is 0 Å². The minimum absolute atomic E-state index is 0. The van der Waals surface area contributed by atoms with Gasteiger partial charge in [-0.25, -0.2) is 0 Å². The van der Waals surface area contributed by atoms with Gasteiger partial charge in [-0.3, -0.25) is 4.79 Å². The van der Waals surface area contributed by atoms with Crippen molar-refractivity contribution in [2.24, 2.45) is 11.7 Å². The average molecular weight is 309 g/mol. The first-order chi connectivity index (χ1) is 9.68. The van der Waals surface area contributed by atoms with E-state index in [1.54, 1.807) is 0 Å². The summed E-state index contributed by atoms with van der Waals surface area (Å²) in [6.45, 7) is 0.643. The highest BCUT2D eigenvalue weighted by Crippen LogP contribution is 2.47. The number of carbonyl (C=O) groups excluding carboxylic acids is 1. The van der Waals surface area contributed by atoms with Crippen LogP contribution in [-0.2, 0) is 4.79 Å². The van der Waals surface area contributed by atoms with E-state index in [0.717, 1.165) is 19.3 Å². The molecule has 0 radical (unpaired) electrons. The van der Waals surface area contributed by atoms with Gasteiger partial charge < -0.3 is 11.1 Å². The largest absolute Gasteiger partial charge is 0.354 e. The fourth-order valence-electron chi connectivity index (χ4n) is 3.38.